The molecule has 27 heavy (non-hydrogen) atoms. The molecule has 0 atom stereocenters. The number of carbonyl (C=O) groups is 2. The van der Waals surface area contributed by atoms with Crippen LogP contribution in [0.4, 0.5) is 5.69 Å². The molecule has 3 aromatic rings. The molecule has 0 fully saturated rings. The first kappa shape index (κ1) is 18.2. The van der Waals surface area contributed by atoms with Crippen molar-refractivity contribution in [1.82, 2.24) is 5.32 Å². The van der Waals surface area contributed by atoms with Crippen molar-refractivity contribution in [2.24, 2.45) is 0 Å². The van der Waals surface area contributed by atoms with Gasteiger partial charge in [0.05, 0.1) is 7.11 Å². The van der Waals surface area contributed by atoms with Crippen molar-refractivity contribution in [1.29, 1.82) is 0 Å². The lowest BCUT2D eigenvalue weighted by Crippen LogP contribution is -2.22. The molecule has 2 amide bonds. The monoisotopic (exact) mass is 360 g/mol. The van der Waals surface area contributed by atoms with Crippen molar-refractivity contribution < 1.29 is 14.3 Å². The van der Waals surface area contributed by atoms with Gasteiger partial charge in [-0.05, 0) is 54.1 Å². The second kappa shape index (κ2) is 8.67. The Bertz CT molecular complexity index is 922. The fraction of sp³-hybridized carbons (Fsp3) is 0.0909. The second-order valence-corrected chi connectivity index (χ2v) is 5.93. The Morgan fingerprint density at radius 3 is 2.22 bits per heavy atom. The highest BCUT2D eigenvalue weighted by atomic mass is 16.5. The first-order valence-corrected chi connectivity index (χ1v) is 8.53. The third-order valence-electron chi connectivity index (χ3n) is 4.03. The van der Waals surface area contributed by atoms with Crippen LogP contribution in [-0.2, 0) is 6.54 Å². The average Bonchev–Trinajstić information content (AvgIpc) is 2.73. The molecule has 3 aromatic carbocycles. The van der Waals surface area contributed by atoms with Crippen LogP contribution in [0.25, 0.3) is 0 Å². The molecule has 136 valence electrons. The predicted molar refractivity (Wildman–Crippen MR) is 105 cm³/mol. The summed E-state index contributed by atoms with van der Waals surface area (Å²) in [4.78, 5) is 24.4. The zero-order valence-electron chi connectivity index (χ0n) is 14.9. The third-order valence-corrected chi connectivity index (χ3v) is 4.03. The lowest BCUT2D eigenvalue weighted by molar-refractivity contribution is 0.0950. The highest BCUT2D eigenvalue weighted by Gasteiger charge is 2.08. The highest BCUT2D eigenvalue weighted by Crippen LogP contribution is 2.14. The SMILES string of the molecule is COc1cccc(CNC(=O)c2ccc(NC(=O)c3ccccc3)cc2)c1. The Morgan fingerprint density at radius 2 is 1.52 bits per heavy atom. The summed E-state index contributed by atoms with van der Waals surface area (Å²) in [6, 6.07) is 23.3. The van der Waals surface area contributed by atoms with Crippen molar-refractivity contribution in [2.45, 2.75) is 6.54 Å². The van der Waals surface area contributed by atoms with Crippen LogP contribution in [0, 0.1) is 0 Å². The van der Waals surface area contributed by atoms with Crippen molar-refractivity contribution in [2.75, 3.05) is 12.4 Å². The van der Waals surface area contributed by atoms with Crippen LogP contribution in [0.5, 0.6) is 5.75 Å². The smallest absolute Gasteiger partial charge is 0.255 e. The Hall–Kier alpha value is -3.60. The summed E-state index contributed by atoms with van der Waals surface area (Å²) in [6.07, 6.45) is 0. The molecule has 0 bridgehead atoms. The molecule has 0 aliphatic heterocycles. The number of carbonyl (C=O) groups excluding carboxylic acids is 2. The number of hydrogen-bond acceptors (Lipinski definition) is 3. The first-order valence-electron chi connectivity index (χ1n) is 8.53. The van der Waals surface area contributed by atoms with E-state index in [0.29, 0.717) is 23.4 Å². The molecule has 0 radical (unpaired) electrons. The van der Waals surface area contributed by atoms with E-state index in [2.05, 4.69) is 10.6 Å². The number of benzene rings is 3. The van der Waals surface area contributed by atoms with Gasteiger partial charge in [0.1, 0.15) is 5.75 Å². The molecule has 0 aromatic heterocycles. The molecule has 2 N–H and O–H groups in total. The predicted octanol–water partition coefficient (Wildman–Crippen LogP) is 3.88. The summed E-state index contributed by atoms with van der Waals surface area (Å²) in [5.41, 5.74) is 2.69. The standard InChI is InChI=1S/C22H20N2O3/c1-27-20-9-5-6-16(14-20)15-23-21(25)18-10-12-19(13-11-18)24-22(26)17-7-3-2-4-8-17/h2-14H,15H2,1H3,(H,23,25)(H,24,26). The fourth-order valence-electron chi connectivity index (χ4n) is 2.56. The number of methoxy groups -OCH3 is 1. The molecule has 5 heteroatoms. The number of ether oxygens (including phenoxy) is 1. The van der Waals surface area contributed by atoms with Crippen LogP contribution in [0.3, 0.4) is 0 Å². The van der Waals surface area contributed by atoms with E-state index >= 15 is 0 Å². The molecule has 0 saturated heterocycles. The second-order valence-electron chi connectivity index (χ2n) is 5.93. The van der Waals surface area contributed by atoms with E-state index in [4.69, 9.17) is 4.74 Å². The van der Waals surface area contributed by atoms with Crippen molar-refractivity contribution in [3.05, 3.63) is 95.6 Å². The van der Waals surface area contributed by atoms with E-state index < -0.39 is 0 Å². The highest BCUT2D eigenvalue weighted by molar-refractivity contribution is 6.04. The van der Waals surface area contributed by atoms with Crippen molar-refractivity contribution >= 4 is 17.5 Å². The molecule has 0 aliphatic rings. The maximum Gasteiger partial charge on any atom is 0.255 e. The van der Waals surface area contributed by atoms with Crippen LogP contribution < -0.4 is 15.4 Å². The topological polar surface area (TPSA) is 67.4 Å². The van der Waals surface area contributed by atoms with E-state index in [0.717, 1.165) is 11.3 Å². The molecule has 0 aliphatic carbocycles. The normalized spacial score (nSPS) is 10.1. The largest absolute Gasteiger partial charge is 0.497 e. The van der Waals surface area contributed by atoms with Crippen molar-refractivity contribution in [3.63, 3.8) is 0 Å². The Morgan fingerprint density at radius 1 is 0.815 bits per heavy atom. The van der Waals surface area contributed by atoms with Crippen molar-refractivity contribution in [3.8, 4) is 5.75 Å². The number of rotatable bonds is 6. The van der Waals surface area contributed by atoms with Crippen LogP contribution in [0.2, 0.25) is 0 Å². The van der Waals surface area contributed by atoms with Crippen LogP contribution in [0.15, 0.2) is 78.9 Å². The van der Waals surface area contributed by atoms with Gasteiger partial charge in [-0.1, -0.05) is 30.3 Å². The van der Waals surface area contributed by atoms with E-state index in [9.17, 15) is 9.59 Å². The summed E-state index contributed by atoms with van der Waals surface area (Å²) >= 11 is 0. The zero-order valence-corrected chi connectivity index (χ0v) is 14.9. The quantitative estimate of drug-likeness (QED) is 0.701. The zero-order chi connectivity index (χ0) is 19.1. The average molecular weight is 360 g/mol. The maximum absolute atomic E-state index is 12.3. The number of hydrogen-bond donors (Lipinski definition) is 2. The molecule has 0 saturated carbocycles. The summed E-state index contributed by atoms with van der Waals surface area (Å²) < 4.78 is 5.18. The molecular weight excluding hydrogens is 340 g/mol. The lowest BCUT2D eigenvalue weighted by atomic mass is 10.1. The minimum Gasteiger partial charge on any atom is -0.497 e. The summed E-state index contributed by atoms with van der Waals surface area (Å²) in [5.74, 6) is 0.379. The molecule has 0 spiro atoms. The lowest BCUT2D eigenvalue weighted by Gasteiger charge is -2.08. The molecular formula is C22H20N2O3. The molecule has 3 rings (SSSR count). The van der Waals surface area contributed by atoms with Gasteiger partial charge < -0.3 is 15.4 Å². The van der Waals surface area contributed by atoms with Gasteiger partial charge >= 0.3 is 0 Å². The Labute approximate surface area is 158 Å². The minimum atomic E-state index is -0.189. The van der Waals surface area contributed by atoms with Gasteiger partial charge in [-0.2, -0.15) is 0 Å². The van der Waals surface area contributed by atoms with E-state index in [1.54, 1.807) is 43.5 Å². The number of anilines is 1. The summed E-state index contributed by atoms with van der Waals surface area (Å²) in [6.45, 7) is 0.405. The van der Waals surface area contributed by atoms with Gasteiger partial charge in [-0.25, -0.2) is 0 Å². The first-order chi connectivity index (χ1) is 13.2. The Balaban J connectivity index is 1.57. The number of amides is 2. The number of nitrogens with one attached hydrogen (secondary N) is 2. The van der Waals surface area contributed by atoms with Gasteiger partial charge in [-0.15, -0.1) is 0 Å². The van der Waals surface area contributed by atoms with E-state index in [-0.39, 0.29) is 11.8 Å². The molecule has 0 heterocycles. The van der Waals surface area contributed by atoms with Gasteiger partial charge in [0.15, 0.2) is 0 Å². The van der Waals surface area contributed by atoms with Crippen LogP contribution in [0.1, 0.15) is 26.3 Å². The summed E-state index contributed by atoms with van der Waals surface area (Å²) in [7, 11) is 1.61. The minimum absolute atomic E-state index is 0.182. The maximum atomic E-state index is 12.3. The summed E-state index contributed by atoms with van der Waals surface area (Å²) in [5, 5.41) is 5.68. The third kappa shape index (κ3) is 4.95. The van der Waals surface area contributed by atoms with Gasteiger partial charge in [0.25, 0.3) is 11.8 Å². The van der Waals surface area contributed by atoms with Crippen LogP contribution >= 0.6 is 0 Å². The molecule has 5 nitrogen and oxygen atoms in total. The fourth-order valence-corrected chi connectivity index (χ4v) is 2.56. The molecule has 0 unspecified atom stereocenters. The van der Waals surface area contributed by atoms with Crippen LogP contribution in [-0.4, -0.2) is 18.9 Å². The van der Waals surface area contributed by atoms with Gasteiger partial charge in [-0.3, -0.25) is 9.59 Å². The van der Waals surface area contributed by atoms with E-state index in [1.165, 1.54) is 0 Å². The van der Waals surface area contributed by atoms with Gasteiger partial charge in [0, 0.05) is 23.4 Å². The van der Waals surface area contributed by atoms with Gasteiger partial charge in [0.2, 0.25) is 0 Å². The van der Waals surface area contributed by atoms with E-state index in [1.807, 2.05) is 42.5 Å². The Kier molecular flexibility index (Phi) is 5.84.